The Morgan fingerprint density at radius 2 is 2.00 bits per heavy atom. The van der Waals surface area contributed by atoms with Gasteiger partial charge in [0, 0.05) is 25.7 Å². The maximum Gasteiger partial charge on any atom is 0.0593 e. The minimum absolute atomic E-state index is 0.878. The predicted octanol–water partition coefficient (Wildman–Crippen LogP) is 1.63. The van der Waals surface area contributed by atoms with Crippen molar-refractivity contribution in [1.29, 1.82) is 0 Å². The Bertz CT molecular complexity index is 175. The second kappa shape index (κ2) is 7.25. The minimum atomic E-state index is 0.878. The Morgan fingerprint density at radius 3 is 2.88 bits per heavy atom. The third kappa shape index (κ3) is 5.28. The van der Waals surface area contributed by atoms with Crippen molar-refractivity contribution < 1.29 is 4.74 Å². The minimum Gasteiger partial charge on any atom is -0.380 e. The van der Waals surface area contributed by atoms with Crippen molar-refractivity contribution in [2.45, 2.75) is 44.6 Å². The Balaban J connectivity index is 1.40. The van der Waals surface area contributed by atoms with Crippen LogP contribution in [-0.2, 0) is 4.74 Å². The fourth-order valence-electron chi connectivity index (χ4n) is 2.25. The molecule has 0 spiro atoms. The first-order valence-corrected chi connectivity index (χ1v) is 6.98. The lowest BCUT2D eigenvalue weighted by atomic mass is 10.2. The van der Waals surface area contributed by atoms with Crippen LogP contribution in [0.2, 0.25) is 0 Å². The first-order valence-electron chi connectivity index (χ1n) is 6.98. The van der Waals surface area contributed by atoms with Gasteiger partial charge >= 0.3 is 0 Å². The van der Waals surface area contributed by atoms with Gasteiger partial charge in [-0.05, 0) is 45.2 Å². The van der Waals surface area contributed by atoms with Crippen LogP contribution in [0.1, 0.15) is 38.5 Å². The van der Waals surface area contributed by atoms with Gasteiger partial charge in [-0.2, -0.15) is 0 Å². The number of nitrogens with zero attached hydrogens (tertiary/aromatic N) is 1. The molecule has 2 fully saturated rings. The zero-order valence-electron chi connectivity index (χ0n) is 10.4. The summed E-state index contributed by atoms with van der Waals surface area (Å²) < 4.78 is 5.45. The highest BCUT2D eigenvalue weighted by molar-refractivity contribution is 4.80. The van der Waals surface area contributed by atoms with Crippen LogP contribution in [0.4, 0.5) is 0 Å². The van der Waals surface area contributed by atoms with Gasteiger partial charge in [-0.15, -0.1) is 0 Å². The molecule has 16 heavy (non-hydrogen) atoms. The van der Waals surface area contributed by atoms with Crippen LogP contribution in [-0.4, -0.2) is 50.3 Å². The fourth-order valence-corrected chi connectivity index (χ4v) is 2.25. The number of rotatable bonds is 7. The molecule has 0 radical (unpaired) electrons. The van der Waals surface area contributed by atoms with Crippen molar-refractivity contribution in [2.75, 3.05) is 39.4 Å². The maximum atomic E-state index is 5.45. The zero-order valence-corrected chi connectivity index (χ0v) is 10.4. The molecule has 0 aromatic heterocycles. The fraction of sp³-hybridized carbons (Fsp3) is 1.00. The van der Waals surface area contributed by atoms with Gasteiger partial charge in [0.1, 0.15) is 0 Å². The van der Waals surface area contributed by atoms with E-state index >= 15 is 0 Å². The third-order valence-corrected chi connectivity index (χ3v) is 3.48. The normalized spacial score (nSPS) is 23.2. The highest BCUT2D eigenvalue weighted by atomic mass is 16.5. The van der Waals surface area contributed by atoms with Gasteiger partial charge in [0.2, 0.25) is 0 Å². The van der Waals surface area contributed by atoms with Crippen molar-refractivity contribution in [1.82, 2.24) is 10.2 Å². The maximum absolute atomic E-state index is 5.45. The van der Waals surface area contributed by atoms with E-state index in [0.29, 0.717) is 0 Å². The Kier molecular flexibility index (Phi) is 5.59. The molecule has 0 amide bonds. The van der Waals surface area contributed by atoms with Crippen LogP contribution in [0.15, 0.2) is 0 Å². The van der Waals surface area contributed by atoms with E-state index in [4.69, 9.17) is 4.74 Å². The SMILES string of the molecule is C(CCNC1CC1)CCN1CCCOCC1. The monoisotopic (exact) mass is 226 g/mol. The molecule has 0 atom stereocenters. The standard InChI is InChI=1S/C13H26N2O/c1(2-7-14-13-5-6-13)3-8-15-9-4-11-16-12-10-15/h13-14H,1-12H2. The summed E-state index contributed by atoms with van der Waals surface area (Å²) in [7, 11) is 0. The quantitative estimate of drug-likeness (QED) is 0.668. The Morgan fingerprint density at radius 1 is 1.06 bits per heavy atom. The molecular formula is C13H26N2O. The average molecular weight is 226 g/mol. The largest absolute Gasteiger partial charge is 0.380 e. The van der Waals surface area contributed by atoms with Crippen molar-refractivity contribution in [3.05, 3.63) is 0 Å². The smallest absolute Gasteiger partial charge is 0.0593 e. The second-order valence-corrected chi connectivity index (χ2v) is 5.10. The van der Waals surface area contributed by atoms with E-state index in [0.717, 1.165) is 25.8 Å². The third-order valence-electron chi connectivity index (χ3n) is 3.48. The molecule has 0 aromatic carbocycles. The van der Waals surface area contributed by atoms with Crippen LogP contribution >= 0.6 is 0 Å². The van der Waals surface area contributed by atoms with Crippen molar-refractivity contribution >= 4 is 0 Å². The molecule has 2 aliphatic rings. The van der Waals surface area contributed by atoms with Crippen LogP contribution < -0.4 is 5.32 Å². The van der Waals surface area contributed by atoms with E-state index in [1.807, 2.05) is 0 Å². The molecule has 94 valence electrons. The van der Waals surface area contributed by atoms with Crippen molar-refractivity contribution in [3.8, 4) is 0 Å². The van der Waals surface area contributed by atoms with Crippen LogP contribution in [0.25, 0.3) is 0 Å². The molecule has 0 aromatic rings. The molecule has 0 bridgehead atoms. The molecule has 2 rings (SSSR count). The summed E-state index contributed by atoms with van der Waals surface area (Å²) in [6.07, 6.45) is 8.11. The number of hydrogen-bond donors (Lipinski definition) is 1. The van der Waals surface area contributed by atoms with Crippen molar-refractivity contribution in [3.63, 3.8) is 0 Å². The van der Waals surface area contributed by atoms with E-state index in [-0.39, 0.29) is 0 Å². The summed E-state index contributed by atoms with van der Waals surface area (Å²) in [5, 5.41) is 3.57. The molecule has 1 N–H and O–H groups in total. The molecule has 1 saturated heterocycles. The van der Waals surface area contributed by atoms with Gasteiger partial charge < -0.3 is 15.0 Å². The van der Waals surface area contributed by atoms with Gasteiger partial charge in [-0.1, -0.05) is 6.42 Å². The average Bonchev–Trinajstić information content (AvgIpc) is 3.10. The van der Waals surface area contributed by atoms with Crippen molar-refractivity contribution in [2.24, 2.45) is 0 Å². The van der Waals surface area contributed by atoms with Gasteiger partial charge in [-0.3, -0.25) is 0 Å². The molecular weight excluding hydrogens is 200 g/mol. The van der Waals surface area contributed by atoms with E-state index in [9.17, 15) is 0 Å². The summed E-state index contributed by atoms with van der Waals surface area (Å²) in [4.78, 5) is 2.56. The van der Waals surface area contributed by atoms with Gasteiger partial charge in [0.05, 0.1) is 6.61 Å². The Hall–Kier alpha value is -0.120. The van der Waals surface area contributed by atoms with Crippen LogP contribution in [0.5, 0.6) is 0 Å². The lowest BCUT2D eigenvalue weighted by Crippen LogP contribution is -2.27. The summed E-state index contributed by atoms with van der Waals surface area (Å²) in [5.41, 5.74) is 0. The first kappa shape index (κ1) is 12.3. The summed E-state index contributed by atoms with van der Waals surface area (Å²) in [6, 6.07) is 0.878. The van der Waals surface area contributed by atoms with E-state index < -0.39 is 0 Å². The predicted molar refractivity (Wildman–Crippen MR) is 66.8 cm³/mol. The molecule has 1 aliphatic carbocycles. The lowest BCUT2D eigenvalue weighted by Gasteiger charge is -2.18. The summed E-state index contributed by atoms with van der Waals surface area (Å²) >= 11 is 0. The van der Waals surface area contributed by atoms with E-state index in [2.05, 4.69) is 10.2 Å². The van der Waals surface area contributed by atoms with Gasteiger partial charge in [0.15, 0.2) is 0 Å². The summed E-state index contributed by atoms with van der Waals surface area (Å²) in [6.45, 7) is 6.77. The topological polar surface area (TPSA) is 24.5 Å². The first-order chi connectivity index (χ1) is 7.95. The van der Waals surface area contributed by atoms with Gasteiger partial charge in [-0.25, -0.2) is 0 Å². The highest BCUT2D eigenvalue weighted by Gasteiger charge is 2.19. The van der Waals surface area contributed by atoms with E-state index in [1.54, 1.807) is 0 Å². The molecule has 0 unspecified atom stereocenters. The Labute approximate surface area is 99.5 Å². The number of hydrogen-bond acceptors (Lipinski definition) is 3. The van der Waals surface area contributed by atoms with Crippen LogP contribution in [0.3, 0.4) is 0 Å². The highest BCUT2D eigenvalue weighted by Crippen LogP contribution is 2.18. The second-order valence-electron chi connectivity index (χ2n) is 5.10. The van der Waals surface area contributed by atoms with Crippen LogP contribution in [0, 0.1) is 0 Å². The summed E-state index contributed by atoms with van der Waals surface area (Å²) in [5.74, 6) is 0. The van der Waals surface area contributed by atoms with E-state index in [1.165, 1.54) is 58.2 Å². The molecule has 3 heteroatoms. The molecule has 1 heterocycles. The molecule has 1 aliphatic heterocycles. The number of unbranched alkanes of at least 4 members (excludes halogenated alkanes) is 2. The lowest BCUT2D eigenvalue weighted by molar-refractivity contribution is 0.141. The number of nitrogens with one attached hydrogen (secondary N) is 1. The number of ether oxygens (including phenoxy) is 1. The van der Waals surface area contributed by atoms with Gasteiger partial charge in [0.25, 0.3) is 0 Å². The molecule has 3 nitrogen and oxygen atoms in total. The molecule has 1 saturated carbocycles. The zero-order chi connectivity index (χ0) is 11.1.